The van der Waals surface area contributed by atoms with E-state index in [1.807, 2.05) is 18.5 Å². The lowest BCUT2D eigenvalue weighted by molar-refractivity contribution is -0.118. The van der Waals surface area contributed by atoms with E-state index in [1.54, 1.807) is 0 Å². The molecule has 0 saturated heterocycles. The van der Waals surface area contributed by atoms with Crippen molar-refractivity contribution >= 4 is 18.1 Å². The zero-order valence-corrected chi connectivity index (χ0v) is 17.5. The van der Waals surface area contributed by atoms with Gasteiger partial charge < -0.3 is 9.59 Å². The van der Waals surface area contributed by atoms with Gasteiger partial charge in [-0.05, 0) is 84.3 Å². The summed E-state index contributed by atoms with van der Waals surface area (Å²) in [4.78, 5) is 28.0. The predicted molar refractivity (Wildman–Crippen MR) is 114 cm³/mol. The van der Waals surface area contributed by atoms with Crippen molar-refractivity contribution in [2.75, 3.05) is 0 Å². The predicted octanol–water partition coefficient (Wildman–Crippen LogP) is 5.28. The number of carbonyl (C=O) groups excluding carboxylic acids is 2. The number of fused-ring (bicyclic) bond motifs is 5. The highest BCUT2D eigenvalue weighted by molar-refractivity contribution is 5.73. The molecule has 5 rings (SSSR count). The lowest BCUT2D eigenvalue weighted by atomic mass is 9.45. The van der Waals surface area contributed by atoms with Gasteiger partial charge in [0.2, 0.25) is 0 Å². The Morgan fingerprint density at radius 2 is 1.90 bits per heavy atom. The molecular formula is C26H31NO2. The third-order valence-corrected chi connectivity index (χ3v) is 9.14. The van der Waals surface area contributed by atoms with Crippen LogP contribution < -0.4 is 0 Å². The monoisotopic (exact) mass is 389 g/mol. The lowest BCUT2D eigenvalue weighted by Gasteiger charge is -2.59. The van der Waals surface area contributed by atoms with Crippen LogP contribution in [0.1, 0.15) is 57.9 Å². The van der Waals surface area contributed by atoms with E-state index in [0.717, 1.165) is 32.0 Å². The quantitative estimate of drug-likeness (QED) is 0.522. The van der Waals surface area contributed by atoms with E-state index in [4.69, 9.17) is 0 Å². The Bertz CT molecular complexity index is 887. The Morgan fingerprint density at radius 3 is 2.62 bits per heavy atom. The van der Waals surface area contributed by atoms with Crippen molar-refractivity contribution in [1.29, 1.82) is 0 Å². The average Bonchev–Trinajstić information content (AvgIpc) is 3.10. The molecule has 1 heterocycles. The van der Waals surface area contributed by atoms with Crippen LogP contribution in [0.2, 0.25) is 0 Å². The molecule has 1 aromatic rings. The number of pyridine rings is 1. The summed E-state index contributed by atoms with van der Waals surface area (Å²) in [5.74, 6) is 1.57. The smallest absolute Gasteiger partial charge is 0.127 e. The van der Waals surface area contributed by atoms with Crippen LogP contribution in [0.5, 0.6) is 0 Å². The molecule has 3 nitrogen and oxygen atoms in total. The van der Waals surface area contributed by atoms with Crippen LogP contribution in [0.3, 0.4) is 0 Å². The number of nitrogens with zero attached hydrogens (tertiary/aromatic N) is 1. The minimum atomic E-state index is -0.0141. The summed E-state index contributed by atoms with van der Waals surface area (Å²) in [7, 11) is 0. The number of carbonyl (C=O) groups is 2. The van der Waals surface area contributed by atoms with Gasteiger partial charge in [0.1, 0.15) is 12.6 Å². The van der Waals surface area contributed by atoms with Gasteiger partial charge in [0.25, 0.3) is 0 Å². The molecule has 7 atom stereocenters. The standard InChI is InChI=1S/C26H31NO2/c1-25-9-7-17(15-28)12-20(25)13-19(16-29)24-22-6-5-21(18-4-3-11-27-14-18)26(22,2)10-8-23(24)25/h3-5,11,13-17,19,22-24H,6-10,12H2,1-2H3/t17?,19?,22-,23-,24-,25-,26+/m0/s1. The number of hydrogen-bond donors (Lipinski definition) is 0. The number of aromatic nitrogens is 1. The maximum absolute atomic E-state index is 12.2. The van der Waals surface area contributed by atoms with Crippen LogP contribution in [-0.2, 0) is 9.59 Å². The summed E-state index contributed by atoms with van der Waals surface area (Å²) < 4.78 is 0. The van der Waals surface area contributed by atoms with Gasteiger partial charge in [-0.15, -0.1) is 0 Å². The van der Waals surface area contributed by atoms with Gasteiger partial charge in [-0.1, -0.05) is 37.6 Å². The molecular weight excluding hydrogens is 358 g/mol. The zero-order valence-electron chi connectivity index (χ0n) is 17.5. The molecule has 3 heteroatoms. The summed E-state index contributed by atoms with van der Waals surface area (Å²) in [6.07, 6.45) is 17.2. The Labute approximate surface area is 173 Å². The van der Waals surface area contributed by atoms with Gasteiger partial charge in [-0.2, -0.15) is 0 Å². The summed E-state index contributed by atoms with van der Waals surface area (Å²) in [5.41, 5.74) is 4.34. The highest BCUT2D eigenvalue weighted by Gasteiger charge is 2.59. The summed E-state index contributed by atoms with van der Waals surface area (Å²) in [6.45, 7) is 4.85. The van der Waals surface area contributed by atoms with Gasteiger partial charge in [0.15, 0.2) is 0 Å². The maximum Gasteiger partial charge on any atom is 0.127 e. The Kier molecular flexibility index (Phi) is 4.42. The second-order valence-corrected chi connectivity index (χ2v) is 10.3. The van der Waals surface area contributed by atoms with Crippen molar-refractivity contribution in [2.24, 2.45) is 40.4 Å². The first-order valence-corrected chi connectivity index (χ1v) is 11.2. The third kappa shape index (κ3) is 2.65. The fraction of sp³-hybridized carbons (Fsp3) is 0.577. The SMILES string of the molecule is C[C@]12CCC(C=O)CC1=CC(C=O)[C@@H]1[C@@H]2CC[C@]2(C)C(c3cccnc3)=CC[C@@H]12. The first-order valence-electron chi connectivity index (χ1n) is 11.2. The molecule has 2 saturated carbocycles. The number of allylic oxidation sites excluding steroid dienone is 4. The molecule has 4 aliphatic carbocycles. The Hall–Kier alpha value is -2.03. The highest BCUT2D eigenvalue weighted by atomic mass is 16.1. The highest BCUT2D eigenvalue weighted by Crippen LogP contribution is 2.67. The Morgan fingerprint density at radius 1 is 1.07 bits per heavy atom. The molecule has 0 radical (unpaired) electrons. The first-order chi connectivity index (χ1) is 14.0. The van der Waals surface area contributed by atoms with E-state index >= 15 is 0 Å². The number of hydrogen-bond acceptors (Lipinski definition) is 3. The number of aldehydes is 2. The fourth-order valence-electron chi connectivity index (χ4n) is 7.55. The third-order valence-electron chi connectivity index (χ3n) is 9.14. The van der Waals surface area contributed by atoms with E-state index in [0.29, 0.717) is 17.8 Å². The van der Waals surface area contributed by atoms with Gasteiger partial charge >= 0.3 is 0 Å². The topological polar surface area (TPSA) is 47.0 Å². The van der Waals surface area contributed by atoms with E-state index < -0.39 is 0 Å². The van der Waals surface area contributed by atoms with Crippen molar-refractivity contribution in [1.82, 2.24) is 4.98 Å². The van der Waals surface area contributed by atoms with Crippen molar-refractivity contribution in [3.05, 3.63) is 47.8 Å². The maximum atomic E-state index is 12.2. The van der Waals surface area contributed by atoms with Crippen molar-refractivity contribution in [2.45, 2.75) is 52.4 Å². The van der Waals surface area contributed by atoms with Gasteiger partial charge in [-0.3, -0.25) is 4.98 Å². The molecule has 0 aliphatic heterocycles. The molecule has 2 fully saturated rings. The van der Waals surface area contributed by atoms with E-state index in [-0.39, 0.29) is 22.7 Å². The average molecular weight is 390 g/mol. The molecule has 1 aromatic heterocycles. The van der Waals surface area contributed by atoms with E-state index in [1.165, 1.54) is 35.8 Å². The first kappa shape index (κ1) is 19.0. The minimum Gasteiger partial charge on any atom is -0.303 e. The minimum absolute atomic E-state index is 0.0141. The largest absolute Gasteiger partial charge is 0.303 e. The van der Waals surface area contributed by atoms with Crippen molar-refractivity contribution in [3.63, 3.8) is 0 Å². The van der Waals surface area contributed by atoms with Crippen LogP contribution >= 0.6 is 0 Å². The summed E-state index contributed by atoms with van der Waals surface area (Å²) >= 11 is 0. The molecule has 0 spiro atoms. The van der Waals surface area contributed by atoms with E-state index in [9.17, 15) is 9.59 Å². The molecule has 29 heavy (non-hydrogen) atoms. The fourth-order valence-corrected chi connectivity index (χ4v) is 7.55. The van der Waals surface area contributed by atoms with Gasteiger partial charge in [0, 0.05) is 24.2 Å². The van der Waals surface area contributed by atoms with Crippen LogP contribution in [0.4, 0.5) is 0 Å². The second kappa shape index (κ2) is 6.75. The zero-order chi connectivity index (χ0) is 20.2. The van der Waals surface area contributed by atoms with E-state index in [2.05, 4.69) is 37.0 Å². The van der Waals surface area contributed by atoms with Crippen LogP contribution in [0.25, 0.3) is 5.57 Å². The van der Waals surface area contributed by atoms with Crippen LogP contribution in [0.15, 0.2) is 42.3 Å². The normalized spacial score (nSPS) is 43.3. The molecule has 0 aromatic carbocycles. The molecule has 2 unspecified atom stereocenters. The van der Waals surface area contributed by atoms with Crippen LogP contribution in [0, 0.1) is 40.4 Å². The van der Waals surface area contributed by atoms with Gasteiger partial charge in [0.05, 0.1) is 0 Å². The summed E-state index contributed by atoms with van der Waals surface area (Å²) in [6, 6.07) is 4.20. The molecule has 0 N–H and O–H groups in total. The van der Waals surface area contributed by atoms with Gasteiger partial charge in [-0.25, -0.2) is 0 Å². The summed E-state index contributed by atoms with van der Waals surface area (Å²) in [5, 5.41) is 0. The molecule has 4 aliphatic rings. The second-order valence-electron chi connectivity index (χ2n) is 10.3. The molecule has 0 amide bonds. The van der Waals surface area contributed by atoms with Crippen LogP contribution in [-0.4, -0.2) is 17.6 Å². The van der Waals surface area contributed by atoms with Crippen molar-refractivity contribution < 1.29 is 9.59 Å². The van der Waals surface area contributed by atoms with Crippen molar-refractivity contribution in [3.8, 4) is 0 Å². The molecule has 152 valence electrons. The molecule has 0 bridgehead atoms. The number of rotatable bonds is 3. The Balaban J connectivity index is 1.53. The lowest BCUT2D eigenvalue weighted by Crippen LogP contribution is -2.52.